The third-order valence-electron chi connectivity index (χ3n) is 10.0. The van der Waals surface area contributed by atoms with Crippen LogP contribution >= 0.6 is 0 Å². The van der Waals surface area contributed by atoms with Crippen molar-refractivity contribution >= 4 is 27.8 Å². The third-order valence-corrected chi connectivity index (χ3v) is 11.4. The standard InChI is InChI=1S/C37H43FN2O6S/c38-28-18-16-26(17-21-35(42)40-47(43,44)29-13-7-3-8-14-29)27(22-28)23-30-33-19-20-34(46-33)36(30)37-39-31(24-45-37)32(41)15-9-2-6-12-25-10-4-1-5-11-25/h3,7-8,13-14,16-18,21-22,24-25,30,33-34,36H,1-2,4-6,9-12,15,19-20,23H2,(H,40,42)/b21-17+. The fraction of sp³-hybridized carbons (Fsp3) is 0.486. The highest BCUT2D eigenvalue weighted by molar-refractivity contribution is 7.90. The van der Waals surface area contributed by atoms with Crippen molar-refractivity contribution in [2.45, 2.75) is 106 Å². The summed E-state index contributed by atoms with van der Waals surface area (Å²) in [6, 6.07) is 11.9. The molecule has 6 rings (SSSR count). The fourth-order valence-corrected chi connectivity index (χ4v) is 8.57. The van der Waals surface area contributed by atoms with Gasteiger partial charge in [-0.05, 0) is 73.1 Å². The molecule has 3 aromatic rings. The molecule has 4 unspecified atom stereocenters. The minimum atomic E-state index is -4.03. The van der Waals surface area contributed by atoms with Gasteiger partial charge in [-0.3, -0.25) is 9.59 Å². The molecule has 1 aromatic heterocycles. The van der Waals surface area contributed by atoms with E-state index in [1.54, 1.807) is 24.3 Å². The summed E-state index contributed by atoms with van der Waals surface area (Å²) in [5.74, 6) is -0.174. The van der Waals surface area contributed by atoms with Crippen molar-refractivity contribution in [1.82, 2.24) is 9.71 Å². The number of aromatic nitrogens is 1. The molecule has 1 N–H and O–H groups in total. The second kappa shape index (κ2) is 15.1. The fourth-order valence-electron chi connectivity index (χ4n) is 7.60. The largest absolute Gasteiger partial charge is 0.448 e. The number of sulfonamides is 1. The molecule has 250 valence electrons. The minimum Gasteiger partial charge on any atom is -0.448 e. The molecule has 4 atom stereocenters. The molecule has 1 saturated carbocycles. The van der Waals surface area contributed by atoms with E-state index in [9.17, 15) is 22.4 Å². The van der Waals surface area contributed by atoms with Crippen LogP contribution in [-0.2, 0) is 26.0 Å². The molecule has 3 aliphatic rings. The summed E-state index contributed by atoms with van der Waals surface area (Å²) in [5, 5.41) is 0. The van der Waals surface area contributed by atoms with Gasteiger partial charge in [-0.15, -0.1) is 0 Å². The zero-order valence-corrected chi connectivity index (χ0v) is 27.4. The number of ether oxygens (including phenoxy) is 1. The molecule has 0 spiro atoms. The number of unbranched alkanes of at least 4 members (excludes halogenated alkanes) is 2. The number of rotatable bonds is 14. The van der Waals surface area contributed by atoms with Gasteiger partial charge in [0.25, 0.3) is 15.9 Å². The summed E-state index contributed by atoms with van der Waals surface area (Å²) < 4.78 is 53.8. The molecule has 3 heterocycles. The number of hydrogen-bond acceptors (Lipinski definition) is 7. The lowest BCUT2D eigenvalue weighted by Gasteiger charge is -2.26. The Morgan fingerprint density at radius 2 is 1.74 bits per heavy atom. The first kappa shape index (κ1) is 33.3. The lowest BCUT2D eigenvalue weighted by atomic mass is 9.75. The molecular weight excluding hydrogens is 619 g/mol. The maximum Gasteiger partial charge on any atom is 0.264 e. The number of nitrogens with zero attached hydrogens (tertiary/aromatic N) is 1. The Kier molecular flexibility index (Phi) is 10.7. The topological polar surface area (TPSA) is 116 Å². The van der Waals surface area contributed by atoms with Crippen LogP contribution in [0.1, 0.15) is 110 Å². The number of amides is 1. The zero-order valence-electron chi connectivity index (χ0n) is 26.6. The van der Waals surface area contributed by atoms with Crippen LogP contribution < -0.4 is 4.72 Å². The Balaban J connectivity index is 1.09. The first-order chi connectivity index (χ1) is 22.8. The maximum atomic E-state index is 14.5. The van der Waals surface area contributed by atoms with E-state index in [4.69, 9.17) is 9.15 Å². The van der Waals surface area contributed by atoms with Gasteiger partial charge in [0.1, 0.15) is 17.8 Å². The highest BCUT2D eigenvalue weighted by atomic mass is 32.2. The second-order valence-corrected chi connectivity index (χ2v) is 14.9. The van der Waals surface area contributed by atoms with E-state index >= 15 is 0 Å². The molecule has 47 heavy (non-hydrogen) atoms. The van der Waals surface area contributed by atoms with Gasteiger partial charge in [-0.2, -0.15) is 0 Å². The van der Waals surface area contributed by atoms with E-state index in [-0.39, 0.29) is 34.7 Å². The van der Waals surface area contributed by atoms with E-state index in [2.05, 4.69) is 4.98 Å². The van der Waals surface area contributed by atoms with Crippen LogP contribution in [0.5, 0.6) is 0 Å². The van der Waals surface area contributed by atoms with Crippen LogP contribution in [0.3, 0.4) is 0 Å². The molecule has 1 aliphatic carbocycles. The normalized spacial score (nSPS) is 23.0. The van der Waals surface area contributed by atoms with Gasteiger partial charge in [0, 0.05) is 18.4 Å². The number of oxazole rings is 1. The first-order valence-electron chi connectivity index (χ1n) is 17.0. The quantitative estimate of drug-likeness (QED) is 0.108. The summed E-state index contributed by atoms with van der Waals surface area (Å²) in [6.45, 7) is 0. The number of fused-ring (bicyclic) bond motifs is 2. The Labute approximate surface area is 276 Å². The van der Waals surface area contributed by atoms with E-state index < -0.39 is 21.7 Å². The Hall–Kier alpha value is -3.63. The van der Waals surface area contributed by atoms with Crippen molar-refractivity contribution < 1.29 is 31.6 Å². The summed E-state index contributed by atoms with van der Waals surface area (Å²) in [6.07, 6.45) is 17.6. The molecule has 0 radical (unpaired) electrons. The van der Waals surface area contributed by atoms with Crippen LogP contribution in [-0.4, -0.2) is 37.3 Å². The van der Waals surface area contributed by atoms with Crippen molar-refractivity contribution in [1.29, 1.82) is 0 Å². The van der Waals surface area contributed by atoms with Gasteiger partial charge in [-0.25, -0.2) is 22.5 Å². The highest BCUT2D eigenvalue weighted by Gasteiger charge is 2.51. The molecular formula is C37H43FN2O6S. The van der Waals surface area contributed by atoms with E-state index in [1.807, 2.05) is 4.72 Å². The van der Waals surface area contributed by atoms with Crippen LogP contribution in [0.25, 0.3) is 6.08 Å². The molecule has 1 amide bonds. The summed E-state index contributed by atoms with van der Waals surface area (Å²) in [7, 11) is -4.03. The van der Waals surface area contributed by atoms with Crippen molar-refractivity contribution in [3.05, 3.63) is 89.4 Å². The summed E-state index contributed by atoms with van der Waals surface area (Å²) >= 11 is 0. The van der Waals surface area contributed by atoms with Crippen molar-refractivity contribution in [3.8, 4) is 0 Å². The van der Waals surface area contributed by atoms with Gasteiger partial charge in [0.05, 0.1) is 23.0 Å². The summed E-state index contributed by atoms with van der Waals surface area (Å²) in [5.41, 5.74) is 1.59. The van der Waals surface area contributed by atoms with Crippen LogP contribution in [0.15, 0.2) is 70.2 Å². The average Bonchev–Trinajstić information content (AvgIpc) is 3.82. The maximum absolute atomic E-state index is 14.5. The minimum absolute atomic E-state index is 0.0107. The molecule has 2 aliphatic heterocycles. The second-order valence-electron chi connectivity index (χ2n) is 13.2. The first-order valence-corrected chi connectivity index (χ1v) is 18.5. The molecule has 10 heteroatoms. The molecule has 2 aromatic carbocycles. The zero-order chi connectivity index (χ0) is 32.8. The van der Waals surface area contributed by atoms with Gasteiger partial charge in [0.15, 0.2) is 5.78 Å². The SMILES string of the molecule is O=C(/C=C/c1ccc(F)cc1CC1C2CCC(O2)C1c1nc(C(=O)CCCCCC2CCCCC2)co1)NS(=O)(=O)c1ccccc1. The number of carbonyl (C=O) groups excluding carboxylic acids is 2. The Morgan fingerprint density at radius 1 is 0.957 bits per heavy atom. The van der Waals surface area contributed by atoms with Crippen LogP contribution in [0, 0.1) is 17.7 Å². The number of ketones is 1. The number of Topliss-reactive ketones (excluding diaryl/α,β-unsaturated/α-hetero) is 1. The van der Waals surface area contributed by atoms with Crippen LogP contribution in [0.4, 0.5) is 4.39 Å². The molecule has 2 bridgehead atoms. The van der Waals surface area contributed by atoms with Crippen LogP contribution in [0.2, 0.25) is 0 Å². The Bertz CT molecular complexity index is 1680. The average molecular weight is 663 g/mol. The predicted octanol–water partition coefficient (Wildman–Crippen LogP) is 7.55. The van der Waals surface area contributed by atoms with Crippen molar-refractivity contribution in [2.75, 3.05) is 0 Å². The van der Waals surface area contributed by atoms with Crippen molar-refractivity contribution in [2.24, 2.45) is 11.8 Å². The van der Waals surface area contributed by atoms with Gasteiger partial charge >= 0.3 is 0 Å². The Morgan fingerprint density at radius 3 is 2.55 bits per heavy atom. The lowest BCUT2D eigenvalue weighted by molar-refractivity contribution is -0.114. The number of halogens is 1. The molecule has 8 nitrogen and oxygen atoms in total. The number of benzene rings is 2. The predicted molar refractivity (Wildman–Crippen MR) is 176 cm³/mol. The van der Waals surface area contributed by atoms with Gasteiger partial charge in [0.2, 0.25) is 5.89 Å². The van der Waals surface area contributed by atoms with Gasteiger partial charge < -0.3 is 9.15 Å². The molecule has 3 fully saturated rings. The van der Waals surface area contributed by atoms with E-state index in [0.29, 0.717) is 35.6 Å². The lowest BCUT2D eigenvalue weighted by Crippen LogP contribution is -2.29. The summed E-state index contributed by atoms with van der Waals surface area (Å²) in [4.78, 5) is 30.2. The molecule has 2 saturated heterocycles. The monoisotopic (exact) mass is 662 g/mol. The number of hydrogen-bond donors (Lipinski definition) is 1. The highest BCUT2D eigenvalue weighted by Crippen LogP contribution is 2.50. The van der Waals surface area contributed by atoms with Crippen molar-refractivity contribution in [3.63, 3.8) is 0 Å². The van der Waals surface area contributed by atoms with Gasteiger partial charge in [-0.1, -0.05) is 75.6 Å². The van der Waals surface area contributed by atoms with E-state index in [1.165, 1.54) is 81.6 Å². The smallest absolute Gasteiger partial charge is 0.264 e. The van der Waals surface area contributed by atoms with E-state index in [0.717, 1.165) is 37.7 Å². The third kappa shape index (κ3) is 8.27. The number of nitrogens with one attached hydrogen (secondary N) is 1. The number of carbonyl (C=O) groups is 2.